The van der Waals surface area contributed by atoms with Gasteiger partial charge in [0.05, 0.1) is 15.9 Å². The SMILES string of the molecule is CCC(P)(P)CC(=O)OP.[NaH]. The second-order valence-corrected chi connectivity index (χ2v) is 5.46. The Morgan fingerprint density at radius 3 is 2.27 bits per heavy atom. The topological polar surface area (TPSA) is 26.3 Å². The van der Waals surface area contributed by atoms with Gasteiger partial charge in [0.1, 0.15) is 0 Å². The third-order valence-electron chi connectivity index (χ3n) is 1.26. The molecule has 3 unspecified atom stereocenters. The van der Waals surface area contributed by atoms with Crippen LogP contribution in [0.4, 0.5) is 0 Å². The molecule has 0 bridgehead atoms. The van der Waals surface area contributed by atoms with Crippen molar-refractivity contribution in [1.29, 1.82) is 0 Å². The van der Waals surface area contributed by atoms with Gasteiger partial charge in [0.25, 0.3) is 0 Å². The summed E-state index contributed by atoms with van der Waals surface area (Å²) < 4.78 is 4.44. The van der Waals surface area contributed by atoms with Crippen LogP contribution in [0.1, 0.15) is 19.8 Å². The maximum absolute atomic E-state index is 10.7. The van der Waals surface area contributed by atoms with E-state index in [-0.39, 0.29) is 40.4 Å². The van der Waals surface area contributed by atoms with Crippen molar-refractivity contribution < 1.29 is 9.32 Å². The molecule has 0 saturated heterocycles. The first-order valence-corrected chi connectivity index (χ1v) is 4.62. The van der Waals surface area contributed by atoms with Crippen molar-refractivity contribution in [2.24, 2.45) is 0 Å². The van der Waals surface area contributed by atoms with Crippen LogP contribution in [0, 0.1) is 0 Å². The van der Waals surface area contributed by atoms with Crippen molar-refractivity contribution in [2.75, 3.05) is 0 Å². The Balaban J connectivity index is 0. The summed E-state index contributed by atoms with van der Waals surface area (Å²) in [4.78, 5) is 10.6. The van der Waals surface area contributed by atoms with Crippen LogP contribution in [0.25, 0.3) is 0 Å². The van der Waals surface area contributed by atoms with Crippen molar-refractivity contribution >= 4 is 63.5 Å². The Kier molecular flexibility index (Phi) is 9.96. The Bertz CT molecular complexity index is 129. The van der Waals surface area contributed by atoms with Gasteiger partial charge in [0.2, 0.25) is 0 Å². The number of hydrogen-bond donors (Lipinski definition) is 0. The van der Waals surface area contributed by atoms with Crippen LogP contribution in [0.15, 0.2) is 0 Å². The van der Waals surface area contributed by atoms with E-state index in [2.05, 4.69) is 23.0 Å². The standard InChI is InChI=1S/C5H13O2P3.Na.H/c1-2-5(8,9)3-4(6)7-10;;/h2-3,8-10H2,1H3;;. The average Bonchev–Trinajstić information content (AvgIpc) is 1.87. The van der Waals surface area contributed by atoms with Crippen LogP contribution in [0.5, 0.6) is 0 Å². The van der Waals surface area contributed by atoms with Crippen LogP contribution < -0.4 is 0 Å². The van der Waals surface area contributed by atoms with Gasteiger partial charge in [-0.1, -0.05) is 6.92 Å². The fourth-order valence-electron chi connectivity index (χ4n) is 0.435. The number of hydrogen-bond acceptors (Lipinski definition) is 2. The summed E-state index contributed by atoms with van der Waals surface area (Å²) in [6.07, 6.45) is 1.34. The fourth-order valence-corrected chi connectivity index (χ4v) is 0.852. The maximum atomic E-state index is 10.7. The van der Waals surface area contributed by atoms with Gasteiger partial charge in [-0.2, -0.15) is 0 Å². The molecule has 2 nitrogen and oxygen atoms in total. The fraction of sp³-hybridized carbons (Fsp3) is 0.800. The second kappa shape index (κ2) is 7.19. The molecule has 3 atom stereocenters. The first-order valence-electron chi connectivity index (χ1n) is 2.99. The van der Waals surface area contributed by atoms with Crippen LogP contribution in [0.3, 0.4) is 0 Å². The molecule has 0 N–H and O–H groups in total. The van der Waals surface area contributed by atoms with E-state index >= 15 is 0 Å². The molecule has 0 saturated carbocycles. The van der Waals surface area contributed by atoms with Gasteiger partial charge in [-0.15, -0.1) is 18.5 Å². The summed E-state index contributed by atoms with van der Waals surface area (Å²) in [5, 5.41) is 0. The number of carbonyl (C=O) groups is 1. The van der Waals surface area contributed by atoms with Crippen molar-refractivity contribution in [3.05, 3.63) is 0 Å². The van der Waals surface area contributed by atoms with E-state index in [0.717, 1.165) is 6.42 Å². The summed E-state index contributed by atoms with van der Waals surface area (Å²) in [6.45, 7) is 2.02. The molecule has 0 spiro atoms. The molecule has 0 heterocycles. The van der Waals surface area contributed by atoms with Gasteiger partial charge >= 0.3 is 35.5 Å². The summed E-state index contributed by atoms with van der Waals surface area (Å²) in [7, 11) is 7.19. The first kappa shape index (κ1) is 15.2. The molecule has 0 aliphatic carbocycles. The Labute approximate surface area is 97.0 Å². The molecule has 6 heteroatoms. The molecule has 0 radical (unpaired) electrons. The molecule has 0 amide bonds. The van der Waals surface area contributed by atoms with Crippen LogP contribution in [0.2, 0.25) is 0 Å². The van der Waals surface area contributed by atoms with E-state index in [1.54, 1.807) is 0 Å². The van der Waals surface area contributed by atoms with E-state index in [0.29, 0.717) is 6.42 Å². The van der Waals surface area contributed by atoms with Gasteiger partial charge in [-0.25, -0.2) is 0 Å². The Morgan fingerprint density at radius 1 is 1.55 bits per heavy atom. The van der Waals surface area contributed by atoms with E-state index in [1.807, 2.05) is 16.4 Å². The van der Waals surface area contributed by atoms with Gasteiger partial charge < -0.3 is 4.52 Å². The minimum atomic E-state index is -0.197. The summed E-state index contributed by atoms with van der Waals surface area (Å²) >= 11 is 0. The van der Waals surface area contributed by atoms with Crippen LogP contribution >= 0.6 is 27.9 Å². The van der Waals surface area contributed by atoms with Crippen molar-refractivity contribution in [2.45, 2.75) is 24.7 Å². The number of rotatable bonds is 3. The van der Waals surface area contributed by atoms with E-state index in [9.17, 15) is 4.79 Å². The molecular formula is C5H14NaO2P3. The third-order valence-corrected chi connectivity index (χ3v) is 2.75. The number of carbonyl (C=O) groups excluding carboxylic acids is 1. The summed E-state index contributed by atoms with van der Waals surface area (Å²) in [5.41, 5.74) is 0. The normalized spacial score (nSPS) is 10.2. The zero-order chi connectivity index (χ0) is 8.20. The molecule has 0 fully saturated rings. The van der Waals surface area contributed by atoms with Crippen LogP contribution in [-0.2, 0) is 9.32 Å². The second-order valence-electron chi connectivity index (χ2n) is 2.25. The quantitative estimate of drug-likeness (QED) is 0.524. The van der Waals surface area contributed by atoms with Gasteiger partial charge in [-0.3, -0.25) is 4.79 Å². The van der Waals surface area contributed by atoms with E-state index in [1.165, 1.54) is 0 Å². The van der Waals surface area contributed by atoms with Crippen molar-refractivity contribution in [3.8, 4) is 0 Å². The van der Waals surface area contributed by atoms with Crippen molar-refractivity contribution in [1.82, 2.24) is 0 Å². The minimum absolute atomic E-state index is 0. The molecule has 0 aromatic heterocycles. The van der Waals surface area contributed by atoms with E-state index < -0.39 is 0 Å². The molecule has 0 aliphatic heterocycles. The van der Waals surface area contributed by atoms with Gasteiger partial charge in [0, 0.05) is 4.90 Å². The van der Waals surface area contributed by atoms with Gasteiger partial charge in [0.15, 0.2) is 0 Å². The molecule has 11 heavy (non-hydrogen) atoms. The zero-order valence-electron chi connectivity index (χ0n) is 5.96. The third kappa shape index (κ3) is 8.10. The molecular weight excluding hydrogens is 208 g/mol. The predicted molar refractivity (Wildman–Crippen MR) is 60.0 cm³/mol. The van der Waals surface area contributed by atoms with E-state index in [4.69, 9.17) is 0 Å². The summed E-state index contributed by atoms with van der Waals surface area (Å²) in [6, 6.07) is 0. The van der Waals surface area contributed by atoms with Gasteiger partial charge in [-0.05, 0) is 6.42 Å². The summed E-state index contributed by atoms with van der Waals surface area (Å²) in [5.74, 6) is -0.197. The zero-order valence-corrected chi connectivity index (χ0v) is 9.43. The predicted octanol–water partition coefficient (Wildman–Crippen LogP) is 0.918. The molecule has 62 valence electrons. The Morgan fingerprint density at radius 2 is 2.00 bits per heavy atom. The molecule has 0 rings (SSSR count). The molecule has 0 aliphatic rings. The monoisotopic (exact) mass is 222 g/mol. The average molecular weight is 222 g/mol. The first-order chi connectivity index (χ1) is 4.52. The Hall–Kier alpha value is 1.76. The molecule has 0 aromatic carbocycles. The van der Waals surface area contributed by atoms with Crippen LogP contribution in [-0.4, -0.2) is 40.4 Å². The van der Waals surface area contributed by atoms with Crippen molar-refractivity contribution in [3.63, 3.8) is 0 Å². The molecule has 0 aromatic rings.